The molecular weight excluding hydrogens is 548 g/mol. The molecule has 0 N–H and O–H groups in total. The van der Waals surface area contributed by atoms with Crippen LogP contribution in [-0.2, 0) is 13.3 Å². The van der Waals surface area contributed by atoms with Gasteiger partial charge in [0.25, 0.3) is 5.91 Å². The highest BCUT2D eigenvalue weighted by Crippen LogP contribution is 2.28. The molecule has 162 valence electrons. The van der Waals surface area contributed by atoms with E-state index in [1.54, 1.807) is 29.1 Å². The summed E-state index contributed by atoms with van der Waals surface area (Å²) in [5.74, 6) is 0.510. The van der Waals surface area contributed by atoms with Crippen molar-refractivity contribution < 1.29 is 9.53 Å². The quantitative estimate of drug-likeness (QED) is 0.418. The third-order valence-electron chi connectivity index (χ3n) is 5.12. The number of carbonyl (C=O) groups is 1. The lowest BCUT2D eigenvalue weighted by Crippen LogP contribution is -2.48. The van der Waals surface area contributed by atoms with Crippen LogP contribution < -0.4 is 4.74 Å². The topological polar surface area (TPSA) is 50.6 Å². The summed E-state index contributed by atoms with van der Waals surface area (Å²) in [6.07, 6.45) is 1.74. The second-order valence-corrected chi connectivity index (χ2v) is 9.43. The highest BCUT2D eigenvalue weighted by atomic mass is 79.9. The van der Waals surface area contributed by atoms with Crippen molar-refractivity contribution in [2.45, 2.75) is 13.3 Å². The second kappa shape index (κ2) is 10.2. The van der Waals surface area contributed by atoms with Crippen LogP contribution >= 0.6 is 43.5 Å². The molecule has 1 fully saturated rings. The maximum atomic E-state index is 12.9. The van der Waals surface area contributed by atoms with Gasteiger partial charge in [-0.15, -0.1) is 0 Å². The summed E-state index contributed by atoms with van der Waals surface area (Å²) in [4.78, 5) is 17.1. The van der Waals surface area contributed by atoms with Gasteiger partial charge in [-0.2, -0.15) is 5.10 Å². The number of hydrogen-bond donors (Lipinski definition) is 0. The van der Waals surface area contributed by atoms with Gasteiger partial charge in [-0.05, 0) is 35.9 Å². The van der Waals surface area contributed by atoms with Gasteiger partial charge in [-0.25, -0.2) is 4.68 Å². The van der Waals surface area contributed by atoms with Crippen LogP contribution in [0.1, 0.15) is 16.1 Å². The van der Waals surface area contributed by atoms with Gasteiger partial charge in [-0.1, -0.05) is 61.7 Å². The Morgan fingerprint density at radius 1 is 1.06 bits per heavy atom. The third kappa shape index (κ3) is 5.68. The van der Waals surface area contributed by atoms with Crippen molar-refractivity contribution in [3.63, 3.8) is 0 Å². The van der Waals surface area contributed by atoms with Gasteiger partial charge in [0, 0.05) is 47.9 Å². The average Bonchev–Trinajstić information content (AvgIpc) is 3.24. The zero-order valence-corrected chi connectivity index (χ0v) is 20.6. The molecule has 4 rings (SSSR count). The van der Waals surface area contributed by atoms with E-state index >= 15 is 0 Å². The van der Waals surface area contributed by atoms with Gasteiger partial charge >= 0.3 is 0 Å². The molecule has 0 saturated carbocycles. The van der Waals surface area contributed by atoms with E-state index in [9.17, 15) is 4.79 Å². The standard InChI is InChI=1S/C22H21Br2ClN4O2/c23-17-5-6-21(19(25)13-17)31-15-29-8-7-20(26-29)22(30)28-11-9-27(10-12-28)14-16-3-1-2-4-18(16)24/h1-8,13H,9-12,14-15H2. The van der Waals surface area contributed by atoms with Crippen LogP contribution in [0.3, 0.4) is 0 Å². The predicted octanol–water partition coefficient (Wildman–Crippen LogP) is 5.06. The molecule has 0 bridgehead atoms. The van der Waals surface area contributed by atoms with E-state index in [0.29, 0.717) is 29.6 Å². The molecule has 1 aliphatic heterocycles. The molecule has 0 atom stereocenters. The number of amides is 1. The summed E-state index contributed by atoms with van der Waals surface area (Å²) in [6, 6.07) is 15.4. The fourth-order valence-electron chi connectivity index (χ4n) is 3.41. The largest absolute Gasteiger partial charge is 0.470 e. The number of carbonyl (C=O) groups excluding carboxylic acids is 1. The van der Waals surface area contributed by atoms with Crippen LogP contribution in [0.25, 0.3) is 0 Å². The van der Waals surface area contributed by atoms with Gasteiger partial charge in [0.15, 0.2) is 12.4 Å². The first-order valence-electron chi connectivity index (χ1n) is 9.86. The molecule has 1 saturated heterocycles. The first-order chi connectivity index (χ1) is 15.0. The van der Waals surface area contributed by atoms with Gasteiger partial charge in [0.2, 0.25) is 0 Å². The van der Waals surface area contributed by atoms with Crippen molar-refractivity contribution in [3.8, 4) is 5.75 Å². The van der Waals surface area contributed by atoms with Crippen LogP contribution in [0.5, 0.6) is 5.75 Å². The van der Waals surface area contributed by atoms with E-state index < -0.39 is 0 Å². The van der Waals surface area contributed by atoms with E-state index in [-0.39, 0.29) is 12.6 Å². The molecule has 1 amide bonds. The zero-order valence-electron chi connectivity index (χ0n) is 16.7. The molecule has 0 unspecified atom stereocenters. The molecule has 0 radical (unpaired) electrons. The number of piperazine rings is 1. The molecule has 0 spiro atoms. The summed E-state index contributed by atoms with van der Waals surface area (Å²) < 4.78 is 9.30. The second-order valence-electron chi connectivity index (χ2n) is 7.25. The number of benzene rings is 2. The van der Waals surface area contributed by atoms with Crippen molar-refractivity contribution in [2.24, 2.45) is 0 Å². The minimum atomic E-state index is -0.0547. The lowest BCUT2D eigenvalue weighted by molar-refractivity contribution is 0.0620. The Bertz CT molecular complexity index is 1070. The third-order valence-corrected chi connectivity index (χ3v) is 6.68. The maximum Gasteiger partial charge on any atom is 0.274 e. The van der Waals surface area contributed by atoms with E-state index in [2.05, 4.69) is 54.0 Å². The van der Waals surface area contributed by atoms with Crippen LogP contribution in [0.2, 0.25) is 5.02 Å². The fraction of sp³-hybridized carbons (Fsp3) is 0.273. The smallest absolute Gasteiger partial charge is 0.274 e. The molecule has 9 heteroatoms. The zero-order chi connectivity index (χ0) is 21.8. The lowest BCUT2D eigenvalue weighted by Gasteiger charge is -2.34. The first-order valence-corrected chi connectivity index (χ1v) is 11.8. The monoisotopic (exact) mass is 566 g/mol. The molecule has 6 nitrogen and oxygen atoms in total. The minimum Gasteiger partial charge on any atom is -0.470 e. The molecule has 2 heterocycles. The number of aromatic nitrogens is 2. The van der Waals surface area contributed by atoms with Crippen molar-refractivity contribution in [1.29, 1.82) is 0 Å². The van der Waals surface area contributed by atoms with E-state index in [1.165, 1.54) is 5.56 Å². The minimum absolute atomic E-state index is 0.0547. The Hall–Kier alpha value is -1.87. The molecule has 1 aromatic heterocycles. The number of rotatable bonds is 6. The van der Waals surface area contributed by atoms with Crippen LogP contribution in [0, 0.1) is 0 Å². The molecule has 31 heavy (non-hydrogen) atoms. The van der Waals surface area contributed by atoms with Crippen molar-refractivity contribution >= 4 is 49.4 Å². The van der Waals surface area contributed by atoms with Crippen molar-refractivity contribution in [2.75, 3.05) is 26.2 Å². The summed E-state index contributed by atoms with van der Waals surface area (Å²) in [6.45, 7) is 4.07. The van der Waals surface area contributed by atoms with E-state index in [0.717, 1.165) is 28.6 Å². The number of halogens is 3. The van der Waals surface area contributed by atoms with Crippen LogP contribution in [0.4, 0.5) is 0 Å². The normalized spacial score (nSPS) is 14.6. The van der Waals surface area contributed by atoms with Crippen molar-refractivity contribution in [1.82, 2.24) is 19.6 Å². The average molecular weight is 569 g/mol. The molecule has 2 aromatic carbocycles. The van der Waals surface area contributed by atoms with Gasteiger partial charge < -0.3 is 9.64 Å². The Morgan fingerprint density at radius 2 is 1.84 bits per heavy atom. The molecule has 0 aliphatic carbocycles. The molecule has 1 aliphatic rings. The van der Waals surface area contributed by atoms with Crippen LogP contribution in [0.15, 0.2) is 63.7 Å². The fourth-order valence-corrected chi connectivity index (χ4v) is 4.55. The first kappa shape index (κ1) is 22.3. The van der Waals surface area contributed by atoms with Gasteiger partial charge in [-0.3, -0.25) is 9.69 Å². The van der Waals surface area contributed by atoms with Gasteiger partial charge in [0.1, 0.15) is 5.75 Å². The summed E-state index contributed by atoms with van der Waals surface area (Å²) >= 11 is 13.1. The highest BCUT2D eigenvalue weighted by molar-refractivity contribution is 9.10. The maximum absolute atomic E-state index is 12.9. The number of hydrogen-bond acceptors (Lipinski definition) is 4. The SMILES string of the molecule is O=C(c1ccn(COc2ccc(Br)cc2Cl)n1)N1CCN(Cc2ccccc2Br)CC1. The molecular formula is C22H21Br2ClN4O2. The number of nitrogens with zero attached hydrogens (tertiary/aromatic N) is 4. The number of ether oxygens (including phenoxy) is 1. The Labute approximate surface area is 203 Å². The van der Waals surface area contributed by atoms with E-state index in [1.807, 2.05) is 23.1 Å². The summed E-state index contributed by atoms with van der Waals surface area (Å²) in [7, 11) is 0. The summed E-state index contributed by atoms with van der Waals surface area (Å²) in [5, 5.41) is 4.89. The van der Waals surface area contributed by atoms with E-state index in [4.69, 9.17) is 16.3 Å². The Morgan fingerprint density at radius 3 is 2.58 bits per heavy atom. The predicted molar refractivity (Wildman–Crippen MR) is 127 cm³/mol. The summed E-state index contributed by atoms with van der Waals surface area (Å²) in [5.41, 5.74) is 1.68. The Kier molecular flexibility index (Phi) is 7.32. The van der Waals surface area contributed by atoms with Gasteiger partial charge in [0.05, 0.1) is 5.02 Å². The van der Waals surface area contributed by atoms with Crippen molar-refractivity contribution in [3.05, 3.63) is 80.0 Å². The Balaban J connectivity index is 1.29. The highest BCUT2D eigenvalue weighted by Gasteiger charge is 2.24. The molecule has 3 aromatic rings. The lowest BCUT2D eigenvalue weighted by atomic mass is 10.2. The van der Waals surface area contributed by atoms with Crippen LogP contribution in [-0.4, -0.2) is 51.7 Å².